The highest BCUT2D eigenvalue weighted by Crippen LogP contribution is 2.46. The number of pyridine rings is 1. The van der Waals surface area contributed by atoms with Crippen LogP contribution in [0.2, 0.25) is 5.02 Å². The van der Waals surface area contributed by atoms with Gasteiger partial charge < -0.3 is 19.3 Å². The maximum absolute atomic E-state index is 15.1. The molecule has 4 heterocycles. The molecule has 0 radical (unpaired) electrons. The van der Waals surface area contributed by atoms with Crippen molar-refractivity contribution in [3.63, 3.8) is 0 Å². The molecule has 1 aromatic carbocycles. The monoisotopic (exact) mass is 525 g/mol. The Labute approximate surface area is 218 Å². The number of rotatable bonds is 4. The minimum absolute atomic E-state index is 0.00378. The Balaban J connectivity index is 1.73. The number of fused-ring (bicyclic) bond motifs is 2. The molecule has 0 N–H and O–H groups in total. The number of methoxy groups -OCH3 is 1. The lowest BCUT2D eigenvalue weighted by molar-refractivity contribution is -0.128. The zero-order chi connectivity index (χ0) is 26.4. The van der Waals surface area contributed by atoms with Crippen LogP contribution in [0.4, 0.5) is 4.39 Å². The zero-order valence-electron chi connectivity index (χ0n) is 20.6. The van der Waals surface area contributed by atoms with E-state index in [4.69, 9.17) is 26.1 Å². The van der Waals surface area contributed by atoms with Crippen LogP contribution < -0.4 is 9.47 Å². The number of halogens is 2. The lowest BCUT2D eigenvalue weighted by Crippen LogP contribution is -2.57. The van der Waals surface area contributed by atoms with Gasteiger partial charge >= 0.3 is 0 Å². The number of hydrogen-bond donors (Lipinski definition) is 0. The van der Waals surface area contributed by atoms with Crippen molar-refractivity contribution < 1.29 is 23.5 Å². The van der Waals surface area contributed by atoms with Gasteiger partial charge in [0.1, 0.15) is 34.5 Å². The van der Waals surface area contributed by atoms with E-state index < -0.39 is 11.9 Å². The standard InChI is InChI=1S/C26H25ClFN5O4/c1-5-19(34)32-9-10-33-15(11-32)13-37-25-21(26(33)35)23(16-12-31(3)30-14(16)2)29-24(22(25)27)20-17(28)7-6-8-18(20)36-4/h5-8,12,15H,1,9-11,13H2,2-4H3/t15-/m1/s1. The number of benzene rings is 1. The van der Waals surface area contributed by atoms with E-state index in [9.17, 15) is 9.59 Å². The molecule has 0 unspecified atom stereocenters. The number of hydrogen-bond acceptors (Lipinski definition) is 6. The molecule has 3 aromatic rings. The van der Waals surface area contributed by atoms with Crippen LogP contribution in [0.3, 0.4) is 0 Å². The molecule has 0 bridgehead atoms. The summed E-state index contributed by atoms with van der Waals surface area (Å²) < 4.78 is 28.3. The maximum atomic E-state index is 15.1. The first-order chi connectivity index (χ1) is 17.7. The van der Waals surface area contributed by atoms with Gasteiger partial charge in [0, 0.05) is 38.4 Å². The molecule has 1 saturated heterocycles. The molecule has 1 atom stereocenters. The number of carbonyl (C=O) groups is 2. The topological polar surface area (TPSA) is 89.8 Å². The van der Waals surface area contributed by atoms with Crippen LogP contribution in [0.15, 0.2) is 37.1 Å². The molecule has 0 saturated carbocycles. The van der Waals surface area contributed by atoms with Crippen molar-refractivity contribution in [1.29, 1.82) is 0 Å². The maximum Gasteiger partial charge on any atom is 0.260 e. The van der Waals surface area contributed by atoms with E-state index in [1.165, 1.54) is 25.3 Å². The Bertz CT molecular complexity index is 1440. The number of carbonyl (C=O) groups excluding carboxylic acids is 2. The third-order valence-corrected chi connectivity index (χ3v) is 7.01. The lowest BCUT2D eigenvalue weighted by atomic mass is 10.0. The first-order valence-corrected chi connectivity index (χ1v) is 12.0. The average molecular weight is 526 g/mol. The minimum atomic E-state index is -0.585. The van der Waals surface area contributed by atoms with E-state index in [2.05, 4.69) is 11.7 Å². The van der Waals surface area contributed by atoms with E-state index in [0.717, 1.165) is 0 Å². The van der Waals surface area contributed by atoms with E-state index in [0.29, 0.717) is 24.3 Å². The number of amides is 2. The number of ether oxygens (including phenoxy) is 2. The van der Waals surface area contributed by atoms with Crippen molar-refractivity contribution in [3.8, 4) is 34.0 Å². The highest BCUT2D eigenvalue weighted by molar-refractivity contribution is 6.35. The Hall–Kier alpha value is -3.92. The third kappa shape index (κ3) is 4.11. The molecule has 0 aliphatic carbocycles. The van der Waals surface area contributed by atoms with Crippen LogP contribution in [0, 0.1) is 12.7 Å². The number of aromatic nitrogens is 3. The van der Waals surface area contributed by atoms with Crippen LogP contribution in [-0.4, -0.2) is 75.8 Å². The summed E-state index contributed by atoms with van der Waals surface area (Å²) in [6.07, 6.45) is 2.99. The van der Waals surface area contributed by atoms with Gasteiger partial charge in [0.15, 0.2) is 5.75 Å². The van der Waals surface area contributed by atoms with Crippen LogP contribution in [-0.2, 0) is 11.8 Å². The Morgan fingerprint density at radius 3 is 2.76 bits per heavy atom. The van der Waals surface area contributed by atoms with Crippen LogP contribution in [0.25, 0.3) is 22.5 Å². The summed E-state index contributed by atoms with van der Waals surface area (Å²) in [4.78, 5) is 34.3. The normalized spacial score (nSPS) is 17.0. The number of nitrogens with zero attached hydrogens (tertiary/aromatic N) is 5. The first-order valence-electron chi connectivity index (χ1n) is 11.7. The fourth-order valence-corrected chi connectivity index (χ4v) is 5.18. The summed E-state index contributed by atoms with van der Waals surface area (Å²) in [5.41, 5.74) is 1.81. The molecule has 5 rings (SSSR count). The molecule has 2 aliphatic heterocycles. The zero-order valence-corrected chi connectivity index (χ0v) is 21.4. The second kappa shape index (κ2) is 9.51. The van der Waals surface area contributed by atoms with Gasteiger partial charge in [-0.1, -0.05) is 24.2 Å². The molecular weight excluding hydrogens is 501 g/mol. The van der Waals surface area contributed by atoms with Crippen LogP contribution in [0.5, 0.6) is 11.5 Å². The summed E-state index contributed by atoms with van der Waals surface area (Å²) in [6.45, 7) is 6.38. The molecule has 2 aliphatic rings. The van der Waals surface area contributed by atoms with E-state index in [1.54, 1.807) is 40.7 Å². The SMILES string of the molecule is C=CC(=O)N1CCN2C(=O)c3c(-c4cn(C)nc4C)nc(-c4c(F)cccc4OC)c(Cl)c3OC[C@H]2C1. The van der Waals surface area contributed by atoms with Gasteiger partial charge in [-0.05, 0) is 25.1 Å². The van der Waals surface area contributed by atoms with Crippen molar-refractivity contribution in [2.75, 3.05) is 33.4 Å². The summed E-state index contributed by atoms with van der Waals surface area (Å²) in [6, 6.07) is 4.00. The molecule has 1 fully saturated rings. The number of piperazine rings is 1. The van der Waals surface area contributed by atoms with Gasteiger partial charge in [-0.25, -0.2) is 9.37 Å². The number of aryl methyl sites for hydroxylation is 2. The fourth-order valence-electron chi connectivity index (χ4n) is 4.89. The van der Waals surface area contributed by atoms with Crippen molar-refractivity contribution in [2.24, 2.45) is 7.05 Å². The second-order valence-electron chi connectivity index (χ2n) is 8.90. The summed E-state index contributed by atoms with van der Waals surface area (Å²) in [5.74, 6) is -0.786. The van der Waals surface area contributed by atoms with E-state index in [-0.39, 0.29) is 64.0 Å². The molecule has 37 heavy (non-hydrogen) atoms. The Morgan fingerprint density at radius 1 is 1.30 bits per heavy atom. The van der Waals surface area contributed by atoms with Crippen LogP contribution in [0.1, 0.15) is 16.1 Å². The molecule has 11 heteroatoms. The highest BCUT2D eigenvalue weighted by Gasteiger charge is 2.40. The largest absolute Gasteiger partial charge is 0.496 e. The third-order valence-electron chi connectivity index (χ3n) is 6.66. The van der Waals surface area contributed by atoms with Gasteiger partial charge in [-0.3, -0.25) is 14.3 Å². The van der Waals surface area contributed by atoms with Crippen molar-refractivity contribution in [2.45, 2.75) is 13.0 Å². The summed E-state index contributed by atoms with van der Waals surface area (Å²) in [5, 5.41) is 4.40. The van der Waals surface area contributed by atoms with Gasteiger partial charge in [0.05, 0.1) is 30.1 Å². The average Bonchev–Trinajstić information content (AvgIpc) is 3.15. The van der Waals surface area contributed by atoms with Gasteiger partial charge in [-0.2, -0.15) is 5.10 Å². The van der Waals surface area contributed by atoms with Gasteiger partial charge in [-0.15, -0.1) is 0 Å². The van der Waals surface area contributed by atoms with Crippen molar-refractivity contribution in [3.05, 3.63) is 59.1 Å². The minimum Gasteiger partial charge on any atom is -0.496 e. The quantitative estimate of drug-likeness (QED) is 0.484. The highest BCUT2D eigenvalue weighted by atomic mass is 35.5. The molecule has 9 nitrogen and oxygen atoms in total. The summed E-state index contributed by atoms with van der Waals surface area (Å²) >= 11 is 6.82. The molecule has 2 amide bonds. The van der Waals surface area contributed by atoms with Crippen molar-refractivity contribution in [1.82, 2.24) is 24.6 Å². The predicted octanol–water partition coefficient (Wildman–Crippen LogP) is 3.49. The predicted molar refractivity (Wildman–Crippen MR) is 135 cm³/mol. The van der Waals surface area contributed by atoms with E-state index >= 15 is 4.39 Å². The first kappa shape index (κ1) is 24.8. The summed E-state index contributed by atoms with van der Waals surface area (Å²) in [7, 11) is 3.19. The lowest BCUT2D eigenvalue weighted by Gasteiger charge is -2.39. The Kier molecular flexibility index (Phi) is 6.36. The smallest absolute Gasteiger partial charge is 0.260 e. The van der Waals surface area contributed by atoms with Gasteiger partial charge in [0.25, 0.3) is 5.91 Å². The molecule has 2 aromatic heterocycles. The van der Waals surface area contributed by atoms with E-state index in [1.807, 2.05) is 0 Å². The second-order valence-corrected chi connectivity index (χ2v) is 9.28. The van der Waals surface area contributed by atoms with Crippen LogP contribution >= 0.6 is 11.6 Å². The van der Waals surface area contributed by atoms with Gasteiger partial charge in [0.2, 0.25) is 5.91 Å². The molecule has 192 valence electrons. The van der Waals surface area contributed by atoms with Crippen molar-refractivity contribution >= 4 is 23.4 Å². The molecule has 0 spiro atoms. The fraction of sp³-hybridized carbons (Fsp3) is 0.308. The molecular formula is C26H25ClFN5O4. The Morgan fingerprint density at radius 2 is 2.08 bits per heavy atom.